The van der Waals surface area contributed by atoms with Gasteiger partial charge in [0.05, 0.1) is 7.11 Å². The second-order valence-electron chi connectivity index (χ2n) is 8.84. The number of carbonyl (C=O) groups is 2. The van der Waals surface area contributed by atoms with E-state index in [9.17, 15) is 9.59 Å². The molecule has 4 bridgehead atoms. The second kappa shape index (κ2) is 7.61. The minimum Gasteiger partial charge on any atom is -0.496 e. The zero-order chi connectivity index (χ0) is 19.7. The highest BCUT2D eigenvalue weighted by Crippen LogP contribution is 2.55. The van der Waals surface area contributed by atoms with Gasteiger partial charge in [0.25, 0.3) is 5.91 Å². The molecule has 4 aliphatic rings. The summed E-state index contributed by atoms with van der Waals surface area (Å²) in [4.78, 5) is 24.9. The number of amides is 1. The third-order valence-corrected chi connectivity index (χ3v) is 6.63. The van der Waals surface area contributed by atoms with Gasteiger partial charge in [0.1, 0.15) is 5.75 Å². The lowest BCUT2D eigenvalue weighted by Gasteiger charge is -2.57. The highest BCUT2D eigenvalue weighted by atomic mass is 16.5. The number of methoxy groups -OCH3 is 1. The van der Waals surface area contributed by atoms with Crippen molar-refractivity contribution in [3.63, 3.8) is 0 Å². The molecule has 0 aliphatic heterocycles. The van der Waals surface area contributed by atoms with Crippen LogP contribution in [0.2, 0.25) is 0 Å². The van der Waals surface area contributed by atoms with Crippen molar-refractivity contribution in [2.45, 2.75) is 57.1 Å². The highest BCUT2D eigenvalue weighted by molar-refractivity contribution is 5.90. The van der Waals surface area contributed by atoms with Crippen LogP contribution >= 0.6 is 0 Å². The van der Waals surface area contributed by atoms with Crippen molar-refractivity contribution in [3.8, 4) is 5.75 Å². The molecular weight excluding hydrogens is 354 g/mol. The fourth-order valence-corrected chi connectivity index (χ4v) is 5.86. The number of ether oxygens (including phenoxy) is 2. The number of benzene rings is 1. The predicted molar refractivity (Wildman–Crippen MR) is 107 cm³/mol. The van der Waals surface area contributed by atoms with Gasteiger partial charge in [0, 0.05) is 17.2 Å². The zero-order valence-electron chi connectivity index (χ0n) is 16.6. The molecule has 4 aliphatic carbocycles. The van der Waals surface area contributed by atoms with E-state index in [1.165, 1.54) is 25.3 Å². The molecule has 1 N–H and O–H groups in total. The van der Waals surface area contributed by atoms with Gasteiger partial charge in [-0.25, -0.2) is 4.79 Å². The average molecular weight is 383 g/mol. The van der Waals surface area contributed by atoms with E-state index in [4.69, 9.17) is 9.47 Å². The van der Waals surface area contributed by atoms with E-state index in [-0.39, 0.29) is 11.4 Å². The van der Waals surface area contributed by atoms with Gasteiger partial charge < -0.3 is 14.8 Å². The lowest BCUT2D eigenvalue weighted by atomic mass is 9.53. The maximum absolute atomic E-state index is 12.7. The fourth-order valence-electron chi connectivity index (χ4n) is 5.86. The van der Waals surface area contributed by atoms with Crippen molar-refractivity contribution in [2.24, 2.45) is 17.8 Å². The van der Waals surface area contributed by atoms with Gasteiger partial charge in [-0.05, 0) is 75.3 Å². The van der Waals surface area contributed by atoms with Crippen molar-refractivity contribution in [1.29, 1.82) is 0 Å². The topological polar surface area (TPSA) is 64.6 Å². The van der Waals surface area contributed by atoms with Crippen LogP contribution in [0.25, 0.3) is 6.08 Å². The van der Waals surface area contributed by atoms with Crippen molar-refractivity contribution in [2.75, 3.05) is 7.11 Å². The third-order valence-electron chi connectivity index (χ3n) is 6.63. The highest BCUT2D eigenvalue weighted by Gasteiger charge is 2.51. The summed E-state index contributed by atoms with van der Waals surface area (Å²) in [6.07, 6.45) is 9.41. The molecule has 5 rings (SSSR count). The van der Waals surface area contributed by atoms with Crippen molar-refractivity contribution in [1.82, 2.24) is 5.32 Å². The molecule has 0 radical (unpaired) electrons. The summed E-state index contributed by atoms with van der Waals surface area (Å²) in [5.41, 5.74) is 0.715. The van der Waals surface area contributed by atoms with Gasteiger partial charge in [-0.2, -0.15) is 0 Å². The molecule has 1 amide bonds. The van der Waals surface area contributed by atoms with E-state index in [0.717, 1.165) is 42.6 Å². The van der Waals surface area contributed by atoms with E-state index in [0.29, 0.717) is 5.75 Å². The van der Waals surface area contributed by atoms with Gasteiger partial charge in [0.2, 0.25) is 0 Å². The van der Waals surface area contributed by atoms with Crippen LogP contribution in [-0.4, -0.2) is 30.6 Å². The number of carbonyl (C=O) groups excluding carboxylic acids is 2. The Morgan fingerprint density at radius 3 is 2.32 bits per heavy atom. The van der Waals surface area contributed by atoms with Gasteiger partial charge >= 0.3 is 5.97 Å². The quantitative estimate of drug-likeness (QED) is 0.601. The monoisotopic (exact) mass is 383 g/mol. The molecule has 0 heterocycles. The number of rotatable bonds is 6. The van der Waals surface area contributed by atoms with Crippen molar-refractivity contribution < 1.29 is 19.1 Å². The Bertz CT molecular complexity index is 749. The molecule has 1 atom stereocenters. The molecule has 5 heteroatoms. The molecule has 150 valence electrons. The van der Waals surface area contributed by atoms with Crippen LogP contribution < -0.4 is 10.1 Å². The Morgan fingerprint density at radius 2 is 1.71 bits per heavy atom. The number of para-hydroxylation sites is 1. The van der Waals surface area contributed by atoms with Crippen LogP contribution in [0.5, 0.6) is 5.75 Å². The van der Waals surface area contributed by atoms with E-state index < -0.39 is 12.1 Å². The molecular formula is C23H29NO4. The largest absolute Gasteiger partial charge is 0.496 e. The summed E-state index contributed by atoms with van der Waals surface area (Å²) in [5, 5.41) is 3.26. The van der Waals surface area contributed by atoms with Crippen molar-refractivity contribution >= 4 is 18.0 Å². The van der Waals surface area contributed by atoms with E-state index >= 15 is 0 Å². The first-order valence-electron chi connectivity index (χ1n) is 10.3. The number of hydrogen-bond acceptors (Lipinski definition) is 4. The van der Waals surface area contributed by atoms with Gasteiger partial charge in [-0.15, -0.1) is 0 Å². The van der Waals surface area contributed by atoms with E-state index in [1.54, 1.807) is 20.1 Å². The molecule has 4 saturated carbocycles. The molecule has 0 spiro atoms. The summed E-state index contributed by atoms with van der Waals surface area (Å²) in [6, 6.07) is 7.42. The van der Waals surface area contributed by atoms with Crippen LogP contribution in [-0.2, 0) is 14.3 Å². The average Bonchev–Trinajstić information content (AvgIpc) is 2.65. The number of hydrogen-bond donors (Lipinski definition) is 1. The molecule has 4 fully saturated rings. The first-order chi connectivity index (χ1) is 13.5. The molecule has 1 aromatic rings. The van der Waals surface area contributed by atoms with Crippen LogP contribution in [0, 0.1) is 17.8 Å². The Kier molecular flexibility index (Phi) is 5.17. The predicted octanol–water partition coefficient (Wildman–Crippen LogP) is 3.73. The summed E-state index contributed by atoms with van der Waals surface area (Å²) in [5.74, 6) is 2.24. The maximum atomic E-state index is 12.7. The van der Waals surface area contributed by atoms with Gasteiger partial charge in [-0.3, -0.25) is 4.79 Å². The Balaban J connectivity index is 1.33. The standard InChI is InChI=1S/C23H29NO4/c1-15(28-21(25)8-7-19-5-3-4-6-20(19)27-2)22(26)24-23-12-16-9-17(13-23)11-18(10-16)14-23/h3-8,15-18H,9-14H2,1-2H3,(H,24,26)/b8-7+/t15-,16?,17?,18?,23?/m0/s1. The minimum absolute atomic E-state index is 0.0697. The SMILES string of the molecule is COc1ccccc1/C=C/C(=O)O[C@@H](C)C(=O)NC12CC3CC(CC(C3)C1)C2. The first-order valence-corrected chi connectivity index (χ1v) is 10.3. The maximum Gasteiger partial charge on any atom is 0.331 e. The molecule has 5 nitrogen and oxygen atoms in total. The molecule has 0 unspecified atom stereocenters. The summed E-state index contributed by atoms with van der Waals surface area (Å²) < 4.78 is 10.6. The van der Waals surface area contributed by atoms with Crippen molar-refractivity contribution in [3.05, 3.63) is 35.9 Å². The molecule has 0 saturated heterocycles. The number of esters is 1. The molecule has 28 heavy (non-hydrogen) atoms. The van der Waals surface area contributed by atoms with Gasteiger partial charge in [0.15, 0.2) is 6.10 Å². The van der Waals surface area contributed by atoms with E-state index in [1.807, 2.05) is 24.3 Å². The summed E-state index contributed by atoms with van der Waals surface area (Å²) in [6.45, 7) is 1.64. The zero-order valence-corrected chi connectivity index (χ0v) is 16.6. The normalized spacial score (nSPS) is 31.6. The Hall–Kier alpha value is -2.30. The Morgan fingerprint density at radius 1 is 1.11 bits per heavy atom. The third kappa shape index (κ3) is 3.94. The lowest BCUT2D eigenvalue weighted by Crippen LogP contribution is -2.61. The first kappa shape index (κ1) is 19.0. The van der Waals surface area contributed by atoms with Crippen LogP contribution in [0.3, 0.4) is 0 Å². The van der Waals surface area contributed by atoms with E-state index in [2.05, 4.69) is 5.32 Å². The molecule has 0 aromatic heterocycles. The smallest absolute Gasteiger partial charge is 0.331 e. The van der Waals surface area contributed by atoms with Gasteiger partial charge in [-0.1, -0.05) is 18.2 Å². The van der Waals surface area contributed by atoms with Crippen LogP contribution in [0.15, 0.2) is 30.3 Å². The van der Waals surface area contributed by atoms with Crippen LogP contribution in [0.1, 0.15) is 51.0 Å². The lowest BCUT2D eigenvalue weighted by molar-refractivity contribution is -0.152. The second-order valence-corrected chi connectivity index (χ2v) is 8.84. The Labute approximate surface area is 166 Å². The minimum atomic E-state index is -0.803. The number of nitrogens with one attached hydrogen (secondary N) is 1. The summed E-state index contributed by atoms with van der Waals surface area (Å²) >= 11 is 0. The molecule has 1 aromatic carbocycles. The van der Waals surface area contributed by atoms with Crippen LogP contribution in [0.4, 0.5) is 0 Å². The summed E-state index contributed by atoms with van der Waals surface area (Å²) in [7, 11) is 1.59. The fraction of sp³-hybridized carbons (Fsp3) is 0.565.